The second kappa shape index (κ2) is 6.33. The lowest BCUT2D eigenvalue weighted by molar-refractivity contribution is -0.384. The van der Waals surface area contributed by atoms with E-state index in [2.05, 4.69) is 17.0 Å². The number of sulfonamides is 1. The smallest absolute Gasteiger partial charge is 0.293 e. The van der Waals surface area contributed by atoms with Crippen LogP contribution in [0.25, 0.3) is 0 Å². The van der Waals surface area contributed by atoms with Crippen molar-refractivity contribution >= 4 is 21.4 Å². The summed E-state index contributed by atoms with van der Waals surface area (Å²) in [6.45, 7) is 2.06. The lowest BCUT2D eigenvalue weighted by atomic mass is 9.84. The quantitative estimate of drug-likeness (QED) is 0.605. The number of hydrogen-bond donors (Lipinski definition) is 2. The molecule has 2 aliphatic rings. The number of hydrogen-bond acceptors (Lipinski definition) is 5. The van der Waals surface area contributed by atoms with Crippen LogP contribution in [0.1, 0.15) is 32.6 Å². The fourth-order valence-corrected chi connectivity index (χ4v) is 5.08. The van der Waals surface area contributed by atoms with Crippen molar-refractivity contribution < 1.29 is 13.3 Å². The molecule has 0 spiro atoms. The van der Waals surface area contributed by atoms with E-state index in [9.17, 15) is 18.5 Å². The van der Waals surface area contributed by atoms with E-state index in [4.69, 9.17) is 0 Å². The Morgan fingerprint density at radius 3 is 2.58 bits per heavy atom. The molecule has 0 amide bonds. The number of rotatable bonds is 6. The van der Waals surface area contributed by atoms with Gasteiger partial charge in [-0.25, -0.2) is 13.1 Å². The van der Waals surface area contributed by atoms with Gasteiger partial charge in [0, 0.05) is 12.1 Å². The minimum Gasteiger partial charge on any atom is -0.377 e. The highest BCUT2D eigenvalue weighted by Crippen LogP contribution is 2.50. The van der Waals surface area contributed by atoms with Crippen LogP contribution in [-0.2, 0) is 10.0 Å². The van der Waals surface area contributed by atoms with Gasteiger partial charge in [0.2, 0.25) is 10.0 Å². The van der Waals surface area contributed by atoms with Crippen LogP contribution in [0.15, 0.2) is 23.1 Å². The number of nitrogens with zero attached hydrogens (tertiary/aromatic N) is 1. The highest BCUT2D eigenvalue weighted by Gasteiger charge is 2.42. The van der Waals surface area contributed by atoms with Gasteiger partial charge in [-0.15, -0.1) is 0 Å². The normalized spacial score (nSPS) is 27.2. The first-order chi connectivity index (χ1) is 11.3. The van der Waals surface area contributed by atoms with E-state index in [-0.39, 0.29) is 16.6 Å². The third-order valence-electron chi connectivity index (χ3n) is 5.56. The summed E-state index contributed by atoms with van der Waals surface area (Å²) in [7, 11) is -2.42. The van der Waals surface area contributed by atoms with Crippen molar-refractivity contribution in [3.05, 3.63) is 28.3 Å². The molecule has 7 nitrogen and oxygen atoms in total. The molecular weight excluding hydrogens is 330 g/mol. The Morgan fingerprint density at radius 1 is 1.29 bits per heavy atom. The van der Waals surface area contributed by atoms with E-state index in [0.717, 1.165) is 12.0 Å². The predicted octanol–water partition coefficient (Wildman–Crippen LogP) is 2.74. The highest BCUT2D eigenvalue weighted by atomic mass is 32.2. The van der Waals surface area contributed by atoms with E-state index in [1.165, 1.54) is 44.9 Å². The molecule has 132 valence electrons. The largest absolute Gasteiger partial charge is 0.377 e. The van der Waals surface area contributed by atoms with Crippen LogP contribution >= 0.6 is 0 Å². The Morgan fingerprint density at radius 2 is 2.04 bits per heavy atom. The van der Waals surface area contributed by atoms with Gasteiger partial charge in [0.1, 0.15) is 5.69 Å². The van der Waals surface area contributed by atoms with Crippen molar-refractivity contribution in [1.82, 2.24) is 4.72 Å². The summed E-state index contributed by atoms with van der Waals surface area (Å²) < 4.78 is 25.9. The van der Waals surface area contributed by atoms with E-state index in [1.807, 2.05) is 0 Å². The molecule has 24 heavy (non-hydrogen) atoms. The summed E-state index contributed by atoms with van der Waals surface area (Å²) in [5.41, 5.74) is 0.173. The number of nitro groups is 1. The summed E-state index contributed by atoms with van der Waals surface area (Å²) in [5.74, 6) is 2.05. The maximum absolute atomic E-state index is 11.9. The molecule has 3 rings (SSSR count). The van der Waals surface area contributed by atoms with Gasteiger partial charge in [0.25, 0.3) is 5.69 Å². The van der Waals surface area contributed by atoms with Crippen LogP contribution in [0, 0.1) is 27.9 Å². The van der Waals surface area contributed by atoms with Crippen LogP contribution in [0.5, 0.6) is 0 Å². The Bertz CT molecular complexity index is 750. The minimum absolute atomic E-state index is 0.102. The van der Waals surface area contributed by atoms with Crippen LogP contribution < -0.4 is 10.0 Å². The maximum atomic E-state index is 11.9. The zero-order valence-electron chi connectivity index (χ0n) is 13.9. The molecule has 2 saturated carbocycles. The number of anilines is 1. The van der Waals surface area contributed by atoms with Crippen LogP contribution in [0.2, 0.25) is 0 Å². The SMILES string of the molecule is CNS(=O)(=O)c1ccc(N[C@@H](C)[C@H]2C[C@H]3CC[C@H]2C3)c([N+](=O)[O-])c1. The second-order valence-corrected chi connectivity index (χ2v) is 8.80. The van der Waals surface area contributed by atoms with Crippen molar-refractivity contribution in [2.75, 3.05) is 12.4 Å². The zero-order valence-corrected chi connectivity index (χ0v) is 14.7. The Balaban J connectivity index is 1.83. The van der Waals surface area contributed by atoms with Gasteiger partial charge in [-0.1, -0.05) is 6.42 Å². The highest BCUT2D eigenvalue weighted by molar-refractivity contribution is 7.89. The summed E-state index contributed by atoms with van der Waals surface area (Å²) in [5, 5.41) is 14.6. The monoisotopic (exact) mass is 353 g/mol. The molecule has 2 aliphatic carbocycles. The van der Waals surface area contributed by atoms with Gasteiger partial charge in [0.05, 0.1) is 9.82 Å². The van der Waals surface area contributed by atoms with Gasteiger partial charge in [0.15, 0.2) is 0 Å². The van der Waals surface area contributed by atoms with E-state index >= 15 is 0 Å². The summed E-state index contributed by atoms with van der Waals surface area (Å²) in [6.07, 6.45) is 5.02. The predicted molar refractivity (Wildman–Crippen MR) is 91.4 cm³/mol. The Labute approximate surface area is 142 Å². The minimum atomic E-state index is -3.70. The summed E-state index contributed by atoms with van der Waals surface area (Å²) in [6, 6.07) is 4.13. The fourth-order valence-electron chi connectivity index (χ4n) is 4.33. The van der Waals surface area contributed by atoms with Crippen LogP contribution in [0.4, 0.5) is 11.4 Å². The van der Waals surface area contributed by atoms with E-state index in [1.54, 1.807) is 0 Å². The molecule has 4 atom stereocenters. The Kier molecular flexibility index (Phi) is 4.52. The molecule has 2 fully saturated rings. The number of benzene rings is 1. The van der Waals surface area contributed by atoms with Gasteiger partial charge in [-0.3, -0.25) is 10.1 Å². The van der Waals surface area contributed by atoms with Crippen LogP contribution in [-0.4, -0.2) is 26.4 Å². The lowest BCUT2D eigenvalue weighted by Gasteiger charge is -2.29. The third-order valence-corrected chi connectivity index (χ3v) is 6.98. The van der Waals surface area contributed by atoms with Gasteiger partial charge >= 0.3 is 0 Å². The zero-order chi connectivity index (χ0) is 17.5. The standard InChI is InChI=1S/C16H23N3O4S/c1-10(14-8-11-3-4-12(14)7-11)18-15-6-5-13(24(22,23)17-2)9-16(15)19(20)21/h5-6,9-12,14,17-18H,3-4,7-8H2,1-2H3/t10-,11-,12-,14+/m0/s1. The molecule has 0 aromatic heterocycles. The van der Waals surface area contributed by atoms with Crippen molar-refractivity contribution in [3.8, 4) is 0 Å². The van der Waals surface area contributed by atoms with Crippen molar-refractivity contribution in [1.29, 1.82) is 0 Å². The van der Waals surface area contributed by atoms with E-state index in [0.29, 0.717) is 17.5 Å². The third kappa shape index (κ3) is 3.12. The van der Waals surface area contributed by atoms with Gasteiger partial charge in [-0.05, 0) is 63.1 Å². The molecule has 0 saturated heterocycles. The molecule has 0 aliphatic heterocycles. The first-order valence-corrected chi connectivity index (χ1v) is 9.78. The molecule has 1 aromatic carbocycles. The molecule has 2 bridgehead atoms. The second-order valence-electron chi connectivity index (χ2n) is 6.92. The lowest BCUT2D eigenvalue weighted by Crippen LogP contribution is -2.30. The Hall–Kier alpha value is -1.67. The topological polar surface area (TPSA) is 101 Å². The van der Waals surface area contributed by atoms with Crippen molar-refractivity contribution in [3.63, 3.8) is 0 Å². The van der Waals surface area contributed by atoms with E-state index < -0.39 is 14.9 Å². The number of nitro benzene ring substituents is 1. The first-order valence-electron chi connectivity index (χ1n) is 8.30. The summed E-state index contributed by atoms with van der Waals surface area (Å²) in [4.78, 5) is 10.7. The van der Waals surface area contributed by atoms with Gasteiger partial charge in [-0.2, -0.15) is 0 Å². The molecule has 8 heteroatoms. The molecular formula is C16H23N3O4S. The average molecular weight is 353 g/mol. The molecule has 1 aromatic rings. The first kappa shape index (κ1) is 17.2. The maximum Gasteiger partial charge on any atom is 0.293 e. The molecule has 0 unspecified atom stereocenters. The fraction of sp³-hybridized carbons (Fsp3) is 0.625. The van der Waals surface area contributed by atoms with Crippen molar-refractivity contribution in [2.45, 2.75) is 43.5 Å². The number of fused-ring (bicyclic) bond motifs is 2. The summed E-state index contributed by atoms with van der Waals surface area (Å²) >= 11 is 0. The molecule has 0 heterocycles. The molecule has 0 radical (unpaired) electrons. The molecule has 2 N–H and O–H groups in total. The van der Waals surface area contributed by atoms with Gasteiger partial charge < -0.3 is 5.32 Å². The average Bonchev–Trinajstić information content (AvgIpc) is 3.17. The van der Waals surface area contributed by atoms with Crippen LogP contribution in [0.3, 0.4) is 0 Å². The number of nitrogens with one attached hydrogen (secondary N) is 2. The van der Waals surface area contributed by atoms with Crippen molar-refractivity contribution in [2.24, 2.45) is 17.8 Å².